The molecule has 3 aromatic carbocycles. The summed E-state index contributed by atoms with van der Waals surface area (Å²) in [7, 11) is 1.58. The lowest BCUT2D eigenvalue weighted by Gasteiger charge is -2.11. The predicted molar refractivity (Wildman–Crippen MR) is 173 cm³/mol. The minimum absolute atomic E-state index is 0.0376. The number of pyridine rings is 1. The van der Waals surface area contributed by atoms with E-state index in [0.717, 1.165) is 5.56 Å². The van der Waals surface area contributed by atoms with Crippen LogP contribution in [0.15, 0.2) is 91.5 Å². The first-order valence-electron chi connectivity index (χ1n) is 14.7. The van der Waals surface area contributed by atoms with Crippen LogP contribution in [0.25, 0.3) is 34.4 Å². The second kappa shape index (κ2) is 14.1. The van der Waals surface area contributed by atoms with Crippen molar-refractivity contribution in [3.05, 3.63) is 137 Å². The molecule has 11 heteroatoms. The molecule has 6 rings (SSSR count). The van der Waals surface area contributed by atoms with Crippen molar-refractivity contribution in [3.63, 3.8) is 0 Å². The van der Waals surface area contributed by atoms with Gasteiger partial charge in [-0.2, -0.15) is 0 Å². The SMILES string of the molecule is COCCn1c(Cc2ccc(-c3cccc(OCc4ccc(C=Cc5cncnc5)cc4F)n3)cc2F)nc2ccc(C(=O)O)cc21. The van der Waals surface area contributed by atoms with Gasteiger partial charge in [-0.05, 0) is 47.5 Å². The molecule has 6 aromatic rings. The molecule has 3 heterocycles. The van der Waals surface area contributed by atoms with Gasteiger partial charge in [-0.25, -0.2) is 33.5 Å². The number of aromatic carboxylic acids is 1. The molecule has 0 saturated heterocycles. The molecule has 0 spiro atoms. The summed E-state index contributed by atoms with van der Waals surface area (Å²) in [5.41, 5.74) is 4.70. The van der Waals surface area contributed by atoms with E-state index in [4.69, 9.17) is 9.47 Å². The number of hydrogen-bond donors (Lipinski definition) is 1. The Balaban J connectivity index is 1.16. The molecule has 0 radical (unpaired) electrons. The van der Waals surface area contributed by atoms with Crippen LogP contribution in [0.3, 0.4) is 0 Å². The largest absolute Gasteiger partial charge is 0.478 e. The lowest BCUT2D eigenvalue weighted by atomic mass is 10.1. The Labute approximate surface area is 268 Å². The molecule has 0 aliphatic heterocycles. The van der Waals surface area contributed by atoms with Gasteiger partial charge >= 0.3 is 5.97 Å². The first-order chi connectivity index (χ1) is 22.9. The van der Waals surface area contributed by atoms with Gasteiger partial charge in [-0.3, -0.25) is 0 Å². The fourth-order valence-electron chi connectivity index (χ4n) is 5.07. The van der Waals surface area contributed by atoms with Crippen molar-refractivity contribution in [1.29, 1.82) is 0 Å². The Hall–Kier alpha value is -5.81. The molecule has 0 atom stereocenters. The predicted octanol–water partition coefficient (Wildman–Crippen LogP) is 6.85. The number of rotatable bonds is 12. The van der Waals surface area contributed by atoms with Gasteiger partial charge < -0.3 is 19.1 Å². The van der Waals surface area contributed by atoms with Crippen molar-refractivity contribution < 1.29 is 28.2 Å². The summed E-state index contributed by atoms with van der Waals surface area (Å²) in [5, 5.41) is 9.44. The summed E-state index contributed by atoms with van der Waals surface area (Å²) in [6, 6.07) is 19.6. The van der Waals surface area contributed by atoms with Crippen LogP contribution >= 0.6 is 0 Å². The molecule has 0 bridgehead atoms. The first kappa shape index (κ1) is 31.2. The zero-order chi connectivity index (χ0) is 32.8. The van der Waals surface area contributed by atoms with Crippen molar-refractivity contribution in [2.45, 2.75) is 19.6 Å². The molecule has 0 saturated carbocycles. The molecule has 47 heavy (non-hydrogen) atoms. The van der Waals surface area contributed by atoms with Crippen LogP contribution in [-0.4, -0.2) is 49.3 Å². The third-order valence-electron chi connectivity index (χ3n) is 7.52. The topological polar surface area (TPSA) is 112 Å². The first-order valence-corrected chi connectivity index (χ1v) is 14.7. The Kier molecular flexibility index (Phi) is 9.35. The molecule has 0 aliphatic carbocycles. The summed E-state index contributed by atoms with van der Waals surface area (Å²) in [6.07, 6.45) is 8.53. The van der Waals surface area contributed by atoms with Crippen LogP contribution in [0.4, 0.5) is 8.78 Å². The Morgan fingerprint density at radius 2 is 1.68 bits per heavy atom. The number of carbonyl (C=O) groups is 1. The second-order valence-corrected chi connectivity index (χ2v) is 10.7. The summed E-state index contributed by atoms with van der Waals surface area (Å²) in [6.45, 7) is 0.767. The standard InChI is InChI=1S/C36H29F2N5O4/c1-46-14-13-43-33-17-27(36(44)45)11-12-32(33)41-34(43)18-25-9-10-26(16-30(25)38)31-3-2-4-35(42-31)47-21-28-8-7-23(15-29(28)37)5-6-24-19-39-22-40-20-24/h2-12,15-17,19-20,22H,13-14,18,21H2,1H3,(H,44,45). The third-order valence-corrected chi connectivity index (χ3v) is 7.52. The average molecular weight is 634 g/mol. The quantitative estimate of drug-likeness (QED) is 0.156. The lowest BCUT2D eigenvalue weighted by Crippen LogP contribution is -2.10. The van der Waals surface area contributed by atoms with E-state index in [1.165, 1.54) is 24.5 Å². The van der Waals surface area contributed by atoms with Crippen molar-refractivity contribution in [3.8, 4) is 17.1 Å². The number of hydrogen-bond acceptors (Lipinski definition) is 7. The van der Waals surface area contributed by atoms with E-state index in [-0.39, 0.29) is 24.5 Å². The molecule has 0 amide bonds. The zero-order valence-corrected chi connectivity index (χ0v) is 25.3. The second-order valence-electron chi connectivity index (χ2n) is 10.7. The van der Waals surface area contributed by atoms with Crippen LogP contribution < -0.4 is 4.74 Å². The summed E-state index contributed by atoms with van der Waals surface area (Å²) >= 11 is 0. The fraction of sp³-hybridized carbons (Fsp3) is 0.139. The molecule has 9 nitrogen and oxygen atoms in total. The minimum atomic E-state index is -1.04. The van der Waals surface area contributed by atoms with E-state index in [2.05, 4.69) is 19.9 Å². The lowest BCUT2D eigenvalue weighted by molar-refractivity contribution is 0.0697. The Bertz CT molecular complexity index is 2080. The highest BCUT2D eigenvalue weighted by molar-refractivity contribution is 5.92. The maximum atomic E-state index is 15.5. The van der Waals surface area contributed by atoms with Gasteiger partial charge in [-0.1, -0.05) is 42.5 Å². The number of carboxylic acid groups (broad SMARTS) is 1. The van der Waals surface area contributed by atoms with Crippen molar-refractivity contribution in [2.75, 3.05) is 13.7 Å². The summed E-state index contributed by atoms with van der Waals surface area (Å²) < 4.78 is 43.2. The molecule has 1 N–H and O–H groups in total. The van der Waals surface area contributed by atoms with Gasteiger partial charge in [0, 0.05) is 55.2 Å². The number of ether oxygens (including phenoxy) is 2. The Morgan fingerprint density at radius 3 is 2.45 bits per heavy atom. The highest BCUT2D eigenvalue weighted by atomic mass is 19.1. The van der Waals surface area contributed by atoms with E-state index in [1.54, 1.807) is 86.3 Å². The number of benzene rings is 3. The maximum absolute atomic E-state index is 15.5. The molecule has 0 unspecified atom stereocenters. The highest BCUT2D eigenvalue weighted by Crippen LogP contribution is 2.26. The van der Waals surface area contributed by atoms with Crippen molar-refractivity contribution in [2.24, 2.45) is 0 Å². The third kappa shape index (κ3) is 7.37. The number of fused-ring (bicyclic) bond motifs is 1. The highest BCUT2D eigenvalue weighted by Gasteiger charge is 2.16. The van der Waals surface area contributed by atoms with Gasteiger partial charge in [0.1, 0.15) is 30.4 Å². The van der Waals surface area contributed by atoms with E-state index in [0.29, 0.717) is 58.0 Å². The van der Waals surface area contributed by atoms with Gasteiger partial charge in [0.2, 0.25) is 5.88 Å². The number of nitrogens with zero attached hydrogens (tertiary/aromatic N) is 5. The zero-order valence-electron chi connectivity index (χ0n) is 25.3. The van der Waals surface area contributed by atoms with Crippen molar-refractivity contribution in [1.82, 2.24) is 24.5 Å². The van der Waals surface area contributed by atoms with E-state index in [1.807, 2.05) is 4.57 Å². The van der Waals surface area contributed by atoms with Crippen LogP contribution in [0.5, 0.6) is 5.88 Å². The van der Waals surface area contributed by atoms with Gasteiger partial charge in [0.25, 0.3) is 0 Å². The molecule has 236 valence electrons. The number of carboxylic acids is 1. The van der Waals surface area contributed by atoms with Gasteiger partial charge in [-0.15, -0.1) is 0 Å². The maximum Gasteiger partial charge on any atom is 0.335 e. The van der Waals surface area contributed by atoms with Crippen molar-refractivity contribution >= 4 is 29.2 Å². The molecule has 0 aliphatic rings. The van der Waals surface area contributed by atoms with E-state index in [9.17, 15) is 14.3 Å². The smallest absolute Gasteiger partial charge is 0.335 e. The average Bonchev–Trinajstić information content (AvgIpc) is 3.43. The molecule has 0 fully saturated rings. The fourth-order valence-corrected chi connectivity index (χ4v) is 5.07. The van der Waals surface area contributed by atoms with Gasteiger partial charge in [0.15, 0.2) is 0 Å². The Morgan fingerprint density at radius 1 is 0.894 bits per heavy atom. The van der Waals surface area contributed by atoms with Gasteiger partial charge in [0.05, 0.1) is 28.9 Å². The number of imidazole rings is 1. The molecular formula is C36H29F2N5O4. The van der Waals surface area contributed by atoms with Crippen LogP contribution in [0.2, 0.25) is 0 Å². The van der Waals surface area contributed by atoms with Crippen LogP contribution in [0, 0.1) is 11.6 Å². The summed E-state index contributed by atoms with van der Waals surface area (Å²) in [4.78, 5) is 28.6. The normalized spacial score (nSPS) is 11.4. The van der Waals surface area contributed by atoms with E-state index >= 15 is 4.39 Å². The number of halogens is 2. The number of methoxy groups -OCH3 is 1. The van der Waals surface area contributed by atoms with Crippen LogP contribution in [-0.2, 0) is 24.3 Å². The minimum Gasteiger partial charge on any atom is -0.478 e. The summed E-state index contributed by atoms with van der Waals surface area (Å²) in [5.74, 6) is -1.04. The molecular weight excluding hydrogens is 604 g/mol. The van der Waals surface area contributed by atoms with E-state index < -0.39 is 17.6 Å². The van der Waals surface area contributed by atoms with Crippen LogP contribution in [0.1, 0.15) is 38.4 Å². The molecule has 3 aromatic heterocycles. The number of aromatic nitrogens is 5. The monoisotopic (exact) mass is 633 g/mol.